The minimum Gasteiger partial charge on any atom is -0.370 e. The van der Waals surface area contributed by atoms with E-state index in [-0.39, 0.29) is 5.95 Å². The van der Waals surface area contributed by atoms with Gasteiger partial charge in [0.1, 0.15) is 5.82 Å². The summed E-state index contributed by atoms with van der Waals surface area (Å²) < 4.78 is 1.12. The van der Waals surface area contributed by atoms with Gasteiger partial charge in [-0.15, -0.1) is 0 Å². The third-order valence-corrected chi connectivity index (χ3v) is 5.80. The number of benzene rings is 2. The van der Waals surface area contributed by atoms with E-state index >= 15 is 0 Å². The molecule has 0 radical (unpaired) electrons. The number of hydrogen-bond donors (Lipinski definition) is 2. The zero-order chi connectivity index (χ0) is 19.7. The number of allylic oxidation sites excluding steroid dienone is 1. The number of nitrogen functional groups attached to an aromatic ring is 1. The van der Waals surface area contributed by atoms with Crippen molar-refractivity contribution in [2.45, 2.75) is 26.7 Å². The van der Waals surface area contributed by atoms with Gasteiger partial charge in [0.2, 0.25) is 5.95 Å². The number of nitrogens with zero attached hydrogens (tertiary/aromatic N) is 2. The Morgan fingerprint density at radius 3 is 2.79 bits per heavy atom. The summed E-state index contributed by atoms with van der Waals surface area (Å²) in [6, 6.07) is 14.7. The van der Waals surface area contributed by atoms with Gasteiger partial charge in [0, 0.05) is 22.6 Å². The molecule has 0 unspecified atom stereocenters. The normalized spacial score (nSPS) is 12.6. The quantitative estimate of drug-likeness (QED) is 0.552. The molecule has 0 saturated heterocycles. The minimum atomic E-state index is 0.287. The topological polar surface area (TPSA) is 63.8 Å². The van der Waals surface area contributed by atoms with Crippen LogP contribution in [0.4, 0.5) is 11.8 Å². The van der Waals surface area contributed by atoms with Crippen molar-refractivity contribution in [2.75, 3.05) is 17.6 Å². The Bertz CT molecular complexity index is 1070. The van der Waals surface area contributed by atoms with Crippen LogP contribution in [-0.2, 0) is 6.42 Å². The predicted octanol–water partition coefficient (Wildman–Crippen LogP) is 5.55. The number of nitrogens with two attached hydrogens (primary N) is 1. The summed E-state index contributed by atoms with van der Waals surface area (Å²) in [6.45, 7) is 5.01. The lowest BCUT2D eigenvalue weighted by Gasteiger charge is -2.12. The summed E-state index contributed by atoms with van der Waals surface area (Å²) in [5, 5.41) is 3.42. The fourth-order valence-electron chi connectivity index (χ4n) is 3.65. The first-order valence-corrected chi connectivity index (χ1v) is 10.2. The SMILES string of the molecule is Cc1cccc(-c2cc(NCCC3=CCc4ccc(Br)cc43)nc(N)n2)c1C. The lowest BCUT2D eigenvalue weighted by molar-refractivity contribution is 1.05. The Morgan fingerprint density at radius 2 is 1.93 bits per heavy atom. The lowest BCUT2D eigenvalue weighted by Crippen LogP contribution is -2.07. The van der Waals surface area contributed by atoms with Crippen molar-refractivity contribution in [3.63, 3.8) is 0 Å². The van der Waals surface area contributed by atoms with E-state index in [9.17, 15) is 0 Å². The molecule has 142 valence electrons. The third-order valence-electron chi connectivity index (χ3n) is 5.31. The van der Waals surface area contributed by atoms with Crippen LogP contribution >= 0.6 is 15.9 Å². The molecule has 4 nitrogen and oxygen atoms in total. The molecule has 1 aliphatic rings. The van der Waals surface area contributed by atoms with Crippen molar-refractivity contribution >= 4 is 33.3 Å². The average molecular weight is 435 g/mol. The van der Waals surface area contributed by atoms with Crippen molar-refractivity contribution in [3.05, 3.63) is 75.3 Å². The number of nitrogens with one attached hydrogen (secondary N) is 1. The van der Waals surface area contributed by atoms with Crippen LogP contribution in [0.1, 0.15) is 28.7 Å². The highest BCUT2D eigenvalue weighted by Crippen LogP contribution is 2.32. The molecule has 0 amide bonds. The molecule has 0 saturated carbocycles. The largest absolute Gasteiger partial charge is 0.370 e. The van der Waals surface area contributed by atoms with Crippen LogP contribution in [0.15, 0.2) is 53.0 Å². The van der Waals surface area contributed by atoms with Gasteiger partial charge in [-0.1, -0.05) is 46.3 Å². The standard InChI is InChI=1S/C23H23BrN4/c1-14-4-3-5-19(15(14)2)21-13-22(28-23(25)27-21)26-11-10-17-7-6-16-8-9-18(24)12-20(16)17/h3-5,7-9,12-13H,6,10-11H2,1-2H3,(H3,25,26,27,28). The Kier molecular flexibility index (Phi) is 5.18. The number of rotatable bonds is 5. The molecule has 3 aromatic rings. The Morgan fingerprint density at radius 1 is 1.07 bits per heavy atom. The second-order valence-corrected chi connectivity index (χ2v) is 8.07. The molecule has 0 atom stereocenters. The highest BCUT2D eigenvalue weighted by atomic mass is 79.9. The maximum absolute atomic E-state index is 5.98. The number of fused-ring (bicyclic) bond motifs is 1. The van der Waals surface area contributed by atoms with Crippen LogP contribution in [0.2, 0.25) is 0 Å². The summed E-state index contributed by atoms with van der Waals surface area (Å²) in [4.78, 5) is 8.80. The summed E-state index contributed by atoms with van der Waals surface area (Å²) >= 11 is 3.57. The Hall–Kier alpha value is -2.66. The van der Waals surface area contributed by atoms with Crippen LogP contribution in [0.3, 0.4) is 0 Å². The van der Waals surface area contributed by atoms with Gasteiger partial charge in [-0.05, 0) is 66.6 Å². The Labute approximate surface area is 174 Å². The molecule has 1 heterocycles. The van der Waals surface area contributed by atoms with Crippen molar-refractivity contribution in [3.8, 4) is 11.3 Å². The van der Waals surface area contributed by atoms with Crippen LogP contribution in [0, 0.1) is 13.8 Å². The lowest BCUT2D eigenvalue weighted by atomic mass is 10.0. The zero-order valence-electron chi connectivity index (χ0n) is 16.1. The fraction of sp³-hybridized carbons (Fsp3) is 0.217. The second kappa shape index (κ2) is 7.76. The number of aryl methyl sites for hydroxylation is 1. The van der Waals surface area contributed by atoms with Crippen LogP contribution in [0.25, 0.3) is 16.8 Å². The van der Waals surface area contributed by atoms with Gasteiger partial charge in [0.05, 0.1) is 5.69 Å². The molecule has 0 bridgehead atoms. The van der Waals surface area contributed by atoms with Crippen LogP contribution in [0.5, 0.6) is 0 Å². The molecule has 0 aliphatic heterocycles. The number of aromatic nitrogens is 2. The molecule has 28 heavy (non-hydrogen) atoms. The third kappa shape index (κ3) is 3.80. The Balaban J connectivity index is 1.49. The van der Waals surface area contributed by atoms with E-state index in [0.717, 1.165) is 40.9 Å². The maximum atomic E-state index is 5.98. The van der Waals surface area contributed by atoms with Gasteiger partial charge in [0.15, 0.2) is 0 Å². The van der Waals surface area contributed by atoms with E-state index in [1.165, 1.54) is 27.8 Å². The molecular formula is C23H23BrN4. The maximum Gasteiger partial charge on any atom is 0.222 e. The molecule has 0 fully saturated rings. The van der Waals surface area contributed by atoms with Gasteiger partial charge >= 0.3 is 0 Å². The molecule has 5 heteroatoms. The number of anilines is 2. The van der Waals surface area contributed by atoms with E-state index in [4.69, 9.17) is 5.73 Å². The van der Waals surface area contributed by atoms with E-state index < -0.39 is 0 Å². The second-order valence-electron chi connectivity index (χ2n) is 7.16. The van der Waals surface area contributed by atoms with Crippen molar-refractivity contribution in [2.24, 2.45) is 0 Å². The van der Waals surface area contributed by atoms with Crippen LogP contribution in [-0.4, -0.2) is 16.5 Å². The van der Waals surface area contributed by atoms with E-state index in [1.54, 1.807) is 0 Å². The summed E-state index contributed by atoms with van der Waals surface area (Å²) in [6.07, 6.45) is 4.26. The molecule has 4 rings (SSSR count). The average Bonchev–Trinajstić information content (AvgIpc) is 3.06. The smallest absolute Gasteiger partial charge is 0.222 e. The first kappa shape index (κ1) is 18.7. The number of halogens is 1. The van der Waals surface area contributed by atoms with Gasteiger partial charge in [-0.3, -0.25) is 0 Å². The van der Waals surface area contributed by atoms with Gasteiger partial charge in [0.25, 0.3) is 0 Å². The van der Waals surface area contributed by atoms with Crippen molar-refractivity contribution < 1.29 is 0 Å². The first-order valence-electron chi connectivity index (χ1n) is 9.44. The summed E-state index contributed by atoms with van der Waals surface area (Å²) in [5.74, 6) is 1.05. The summed E-state index contributed by atoms with van der Waals surface area (Å²) in [7, 11) is 0. The summed E-state index contributed by atoms with van der Waals surface area (Å²) in [5.41, 5.74) is 14.5. The highest BCUT2D eigenvalue weighted by Gasteiger charge is 2.14. The van der Waals surface area contributed by atoms with Crippen molar-refractivity contribution in [1.29, 1.82) is 0 Å². The monoisotopic (exact) mass is 434 g/mol. The van der Waals surface area contributed by atoms with Crippen LogP contribution < -0.4 is 11.1 Å². The van der Waals surface area contributed by atoms with Gasteiger partial charge < -0.3 is 11.1 Å². The molecular weight excluding hydrogens is 412 g/mol. The van der Waals surface area contributed by atoms with Gasteiger partial charge in [-0.25, -0.2) is 4.98 Å². The zero-order valence-corrected chi connectivity index (χ0v) is 17.7. The molecule has 3 N–H and O–H groups in total. The predicted molar refractivity (Wildman–Crippen MR) is 120 cm³/mol. The highest BCUT2D eigenvalue weighted by molar-refractivity contribution is 9.10. The van der Waals surface area contributed by atoms with E-state index in [2.05, 4.69) is 81.5 Å². The van der Waals surface area contributed by atoms with Gasteiger partial charge in [-0.2, -0.15) is 4.98 Å². The minimum absolute atomic E-state index is 0.287. The molecule has 1 aromatic heterocycles. The first-order chi connectivity index (χ1) is 13.5. The number of hydrogen-bond acceptors (Lipinski definition) is 4. The van der Waals surface area contributed by atoms with E-state index in [1.807, 2.05) is 12.1 Å². The van der Waals surface area contributed by atoms with E-state index in [0.29, 0.717) is 0 Å². The fourth-order valence-corrected chi connectivity index (χ4v) is 4.01. The molecule has 2 aromatic carbocycles. The molecule has 1 aliphatic carbocycles. The molecule has 0 spiro atoms. The van der Waals surface area contributed by atoms with Crippen molar-refractivity contribution in [1.82, 2.24) is 9.97 Å².